The van der Waals surface area contributed by atoms with E-state index in [0.29, 0.717) is 11.1 Å². The number of carbonyl (C=O) groups excluding carboxylic acids is 2. The van der Waals surface area contributed by atoms with Crippen LogP contribution in [0.15, 0.2) is 48.5 Å². The van der Waals surface area contributed by atoms with Crippen LogP contribution in [0.1, 0.15) is 20.7 Å². The minimum atomic E-state index is -1.12. The van der Waals surface area contributed by atoms with Crippen molar-refractivity contribution in [2.45, 2.75) is 0 Å². The van der Waals surface area contributed by atoms with E-state index in [0.717, 1.165) is 8.92 Å². The van der Waals surface area contributed by atoms with Crippen LogP contribution in [0.25, 0.3) is 0 Å². The fraction of sp³-hybridized carbons (Fsp3) is 0.111. The molecule has 0 heterocycles. The second kappa shape index (κ2) is 10.6. The molecular formula is C18H16N2O6Se2. The molecule has 2 rings (SSSR count). The number of amides is 2. The van der Waals surface area contributed by atoms with E-state index in [1.54, 1.807) is 36.4 Å². The number of nitrogens with one attached hydrogen (secondary N) is 2. The molecule has 0 saturated carbocycles. The summed E-state index contributed by atoms with van der Waals surface area (Å²) in [6.07, 6.45) is 0. The van der Waals surface area contributed by atoms with Crippen LogP contribution in [0.2, 0.25) is 0 Å². The van der Waals surface area contributed by atoms with Gasteiger partial charge in [-0.1, -0.05) is 0 Å². The maximum absolute atomic E-state index is 12.2. The number of aliphatic carboxylic acids is 2. The molecule has 0 atom stereocenters. The Bertz CT molecular complexity index is 830. The standard InChI is InChI=1S/C18H16N2O6Se2/c21-15(22)9-19-17(25)11-5-1-3-7-13(11)27-28-14-8-4-2-6-12(14)18(26)20-10-16(23)24/h1-8H,9-10H2,(H,19,25)(H,20,26)(H,21,22)(H,23,24). The summed E-state index contributed by atoms with van der Waals surface area (Å²) in [7, 11) is 0. The van der Waals surface area contributed by atoms with Crippen LogP contribution in [0, 0.1) is 0 Å². The molecule has 8 nitrogen and oxygen atoms in total. The first kappa shape index (κ1) is 21.7. The summed E-state index contributed by atoms with van der Waals surface area (Å²) in [4.78, 5) is 45.7. The van der Waals surface area contributed by atoms with Gasteiger partial charge in [-0.05, 0) is 0 Å². The van der Waals surface area contributed by atoms with Crippen LogP contribution >= 0.6 is 0 Å². The zero-order valence-electron chi connectivity index (χ0n) is 14.4. The van der Waals surface area contributed by atoms with Crippen molar-refractivity contribution in [3.8, 4) is 0 Å². The summed E-state index contributed by atoms with van der Waals surface area (Å²) < 4.78 is 1.61. The van der Waals surface area contributed by atoms with E-state index in [4.69, 9.17) is 10.2 Å². The normalized spacial score (nSPS) is 10.1. The van der Waals surface area contributed by atoms with Crippen molar-refractivity contribution in [2.24, 2.45) is 0 Å². The van der Waals surface area contributed by atoms with Gasteiger partial charge in [0.15, 0.2) is 0 Å². The molecule has 2 aromatic carbocycles. The fourth-order valence-electron chi connectivity index (χ4n) is 2.05. The van der Waals surface area contributed by atoms with Gasteiger partial charge in [0, 0.05) is 0 Å². The van der Waals surface area contributed by atoms with E-state index < -0.39 is 36.8 Å². The van der Waals surface area contributed by atoms with Crippen molar-refractivity contribution in [1.29, 1.82) is 0 Å². The van der Waals surface area contributed by atoms with Gasteiger partial charge in [0.25, 0.3) is 0 Å². The average Bonchev–Trinajstić information content (AvgIpc) is 2.69. The first-order valence-corrected chi connectivity index (χ1v) is 14.0. The van der Waals surface area contributed by atoms with Crippen molar-refractivity contribution in [1.82, 2.24) is 10.6 Å². The van der Waals surface area contributed by atoms with Gasteiger partial charge in [0.2, 0.25) is 0 Å². The van der Waals surface area contributed by atoms with Gasteiger partial charge in [-0.15, -0.1) is 0 Å². The van der Waals surface area contributed by atoms with E-state index in [-0.39, 0.29) is 26.3 Å². The Balaban J connectivity index is 2.13. The van der Waals surface area contributed by atoms with Gasteiger partial charge >= 0.3 is 172 Å². The summed E-state index contributed by atoms with van der Waals surface area (Å²) >= 11 is -0.291. The molecule has 0 aromatic heterocycles. The molecule has 2 amide bonds. The first-order chi connectivity index (χ1) is 13.4. The molecule has 0 saturated heterocycles. The molecule has 0 fully saturated rings. The van der Waals surface area contributed by atoms with Crippen LogP contribution in [0.3, 0.4) is 0 Å². The zero-order valence-corrected chi connectivity index (χ0v) is 17.8. The minimum absolute atomic E-state index is 0.145. The van der Waals surface area contributed by atoms with E-state index in [9.17, 15) is 19.2 Å². The number of hydrogen-bond donors (Lipinski definition) is 4. The average molecular weight is 514 g/mol. The van der Waals surface area contributed by atoms with Crippen LogP contribution in [0.5, 0.6) is 0 Å². The van der Waals surface area contributed by atoms with Gasteiger partial charge in [-0.25, -0.2) is 0 Å². The molecule has 2 aromatic rings. The molecule has 0 bridgehead atoms. The van der Waals surface area contributed by atoms with Crippen molar-refractivity contribution in [2.75, 3.05) is 13.1 Å². The van der Waals surface area contributed by atoms with Gasteiger partial charge in [0.1, 0.15) is 0 Å². The molecule has 4 N–H and O–H groups in total. The quantitative estimate of drug-likeness (QED) is 0.304. The molecule has 0 radical (unpaired) electrons. The summed E-state index contributed by atoms with van der Waals surface area (Å²) in [6.45, 7) is -0.921. The molecule has 0 unspecified atom stereocenters. The van der Waals surface area contributed by atoms with Gasteiger partial charge < -0.3 is 0 Å². The third-order valence-corrected chi connectivity index (χ3v) is 10.5. The number of rotatable bonds is 9. The van der Waals surface area contributed by atoms with E-state index in [2.05, 4.69) is 10.6 Å². The van der Waals surface area contributed by atoms with Gasteiger partial charge in [0.05, 0.1) is 0 Å². The maximum atomic E-state index is 12.2. The van der Waals surface area contributed by atoms with E-state index in [1.807, 2.05) is 12.1 Å². The monoisotopic (exact) mass is 516 g/mol. The second-order valence-electron chi connectivity index (χ2n) is 5.31. The Morgan fingerprint density at radius 3 is 1.39 bits per heavy atom. The Morgan fingerprint density at radius 1 is 0.679 bits per heavy atom. The van der Waals surface area contributed by atoms with Gasteiger partial charge in [-0.2, -0.15) is 0 Å². The molecule has 146 valence electrons. The van der Waals surface area contributed by atoms with E-state index >= 15 is 0 Å². The molecular weight excluding hydrogens is 498 g/mol. The topological polar surface area (TPSA) is 133 Å². The molecule has 10 heteroatoms. The van der Waals surface area contributed by atoms with Crippen LogP contribution in [0.4, 0.5) is 0 Å². The second-order valence-corrected chi connectivity index (χ2v) is 11.5. The Morgan fingerprint density at radius 2 is 1.04 bits per heavy atom. The molecule has 0 aliphatic rings. The summed E-state index contributed by atoms with van der Waals surface area (Å²) in [6, 6.07) is 13.9. The zero-order chi connectivity index (χ0) is 20.5. The summed E-state index contributed by atoms with van der Waals surface area (Å²) in [5.41, 5.74) is 0.830. The predicted molar refractivity (Wildman–Crippen MR) is 104 cm³/mol. The SMILES string of the molecule is O=C(O)CNC(=O)c1ccccc1[Se][Se]c1ccccc1C(=O)NCC(=O)O. The van der Waals surface area contributed by atoms with Crippen LogP contribution < -0.4 is 19.6 Å². The van der Waals surface area contributed by atoms with Crippen molar-refractivity contribution < 1.29 is 29.4 Å². The van der Waals surface area contributed by atoms with Crippen molar-refractivity contribution in [3.05, 3.63) is 59.7 Å². The first-order valence-electron chi connectivity index (χ1n) is 7.91. The third-order valence-electron chi connectivity index (χ3n) is 3.28. The number of carboxylic acids is 2. The molecule has 0 spiro atoms. The summed E-state index contributed by atoms with van der Waals surface area (Å²) in [5, 5.41) is 22.1. The Hall–Kier alpha value is -2.64. The van der Waals surface area contributed by atoms with E-state index in [1.165, 1.54) is 0 Å². The van der Waals surface area contributed by atoms with Gasteiger partial charge in [-0.3, -0.25) is 0 Å². The molecule has 0 aliphatic heterocycles. The van der Waals surface area contributed by atoms with Crippen molar-refractivity contribution >= 4 is 58.9 Å². The number of carboxylic acid groups (broad SMARTS) is 2. The van der Waals surface area contributed by atoms with Crippen molar-refractivity contribution in [3.63, 3.8) is 0 Å². The number of hydrogen-bond acceptors (Lipinski definition) is 4. The fourth-order valence-corrected chi connectivity index (χ4v) is 9.16. The predicted octanol–water partition coefficient (Wildman–Crippen LogP) is -1.41. The Kier molecular flexibility index (Phi) is 8.22. The summed E-state index contributed by atoms with van der Waals surface area (Å²) in [5.74, 6) is -3.16. The number of benzene rings is 2. The van der Waals surface area contributed by atoms with Crippen LogP contribution in [-0.4, -0.2) is 73.3 Å². The molecule has 28 heavy (non-hydrogen) atoms. The molecule has 0 aliphatic carbocycles. The Labute approximate surface area is 171 Å². The third kappa shape index (κ3) is 6.51. The van der Waals surface area contributed by atoms with Crippen LogP contribution in [-0.2, 0) is 9.59 Å². The number of carbonyl (C=O) groups is 4.